The predicted octanol–water partition coefficient (Wildman–Crippen LogP) is 1.95. The topological polar surface area (TPSA) is 105 Å². The smallest absolute Gasteiger partial charge is 0.358 e. The highest BCUT2D eigenvalue weighted by Crippen LogP contribution is 2.29. The number of aromatic carboxylic acids is 1. The zero-order valence-corrected chi connectivity index (χ0v) is 12.5. The molecular weight excluding hydrogens is 286 g/mol. The van der Waals surface area contributed by atoms with Crippen LogP contribution in [0.25, 0.3) is 0 Å². The molecule has 0 aliphatic heterocycles. The van der Waals surface area contributed by atoms with Crippen LogP contribution in [-0.4, -0.2) is 37.1 Å². The van der Waals surface area contributed by atoms with Gasteiger partial charge in [-0.05, 0) is 5.56 Å². The van der Waals surface area contributed by atoms with Gasteiger partial charge >= 0.3 is 11.9 Å². The second-order valence-electron chi connectivity index (χ2n) is 5.94. The maximum atomic E-state index is 11.7. The van der Waals surface area contributed by atoms with Crippen LogP contribution in [-0.2, 0) is 10.2 Å². The first-order valence-electron chi connectivity index (χ1n) is 6.70. The number of aliphatic carboxylic acids is 1. The summed E-state index contributed by atoms with van der Waals surface area (Å²) >= 11 is 0. The van der Waals surface area contributed by atoms with Crippen molar-refractivity contribution in [2.45, 2.75) is 32.2 Å². The predicted molar refractivity (Wildman–Crippen MR) is 77.9 cm³/mol. The number of carboxylic acids is 2. The van der Waals surface area contributed by atoms with Gasteiger partial charge in [-0.1, -0.05) is 56.3 Å². The van der Waals surface area contributed by atoms with E-state index >= 15 is 0 Å². The van der Waals surface area contributed by atoms with E-state index in [1.165, 1.54) is 4.68 Å². The number of carbonyl (C=O) groups is 2. The van der Waals surface area contributed by atoms with Crippen LogP contribution in [0.4, 0.5) is 0 Å². The molecule has 1 aromatic carbocycles. The fraction of sp³-hybridized carbons (Fsp3) is 0.333. The summed E-state index contributed by atoms with van der Waals surface area (Å²) in [5, 5.41) is 26.3. The normalized spacial score (nSPS) is 12.9. The average molecular weight is 303 g/mol. The van der Waals surface area contributed by atoms with Crippen molar-refractivity contribution in [3.05, 3.63) is 47.3 Å². The Bertz CT molecular complexity index is 701. The summed E-state index contributed by atoms with van der Waals surface area (Å²) in [6.45, 7) is 5.37. The highest BCUT2D eigenvalue weighted by atomic mass is 16.4. The molecule has 0 radical (unpaired) electrons. The molecule has 7 heteroatoms. The third-order valence-electron chi connectivity index (χ3n) is 3.20. The maximum absolute atomic E-state index is 11.7. The second kappa shape index (κ2) is 5.59. The average Bonchev–Trinajstić information content (AvgIpc) is 2.84. The quantitative estimate of drug-likeness (QED) is 0.894. The van der Waals surface area contributed by atoms with Crippen molar-refractivity contribution in [3.63, 3.8) is 0 Å². The van der Waals surface area contributed by atoms with Crippen LogP contribution in [0.1, 0.15) is 48.6 Å². The molecule has 0 bridgehead atoms. The highest BCUT2D eigenvalue weighted by Gasteiger charge is 2.34. The van der Waals surface area contributed by atoms with Crippen molar-refractivity contribution in [3.8, 4) is 0 Å². The standard InChI is InChI=1S/C15H17N3O4/c1-15(2,3)12-10(13(19)20)16-17-18(12)11(14(21)22)9-7-5-4-6-8-9/h4-8,11H,1-3H3,(H,19,20)(H,21,22). The van der Waals surface area contributed by atoms with Crippen LogP contribution in [0.2, 0.25) is 0 Å². The fourth-order valence-electron chi connectivity index (χ4n) is 2.34. The summed E-state index contributed by atoms with van der Waals surface area (Å²) < 4.78 is 1.18. The Hall–Kier alpha value is -2.70. The Morgan fingerprint density at radius 2 is 1.73 bits per heavy atom. The van der Waals surface area contributed by atoms with Crippen molar-refractivity contribution in [1.82, 2.24) is 15.0 Å². The van der Waals surface area contributed by atoms with Gasteiger partial charge in [0.1, 0.15) is 0 Å². The molecule has 7 nitrogen and oxygen atoms in total. The second-order valence-corrected chi connectivity index (χ2v) is 5.94. The first-order chi connectivity index (χ1) is 10.2. The fourth-order valence-corrected chi connectivity index (χ4v) is 2.34. The first-order valence-corrected chi connectivity index (χ1v) is 6.70. The van der Waals surface area contributed by atoms with Crippen molar-refractivity contribution in [2.75, 3.05) is 0 Å². The lowest BCUT2D eigenvalue weighted by atomic mass is 9.89. The van der Waals surface area contributed by atoms with Crippen molar-refractivity contribution < 1.29 is 19.8 Å². The number of hydrogen-bond donors (Lipinski definition) is 2. The van der Waals surface area contributed by atoms with Gasteiger partial charge in [0.25, 0.3) is 0 Å². The number of carboxylic acid groups (broad SMARTS) is 2. The monoisotopic (exact) mass is 303 g/mol. The van der Waals surface area contributed by atoms with Gasteiger partial charge in [-0.25, -0.2) is 14.3 Å². The molecule has 2 aromatic rings. The third kappa shape index (κ3) is 2.83. The molecule has 1 aromatic heterocycles. The molecule has 2 rings (SSSR count). The van der Waals surface area contributed by atoms with Gasteiger partial charge in [0.2, 0.25) is 0 Å². The zero-order valence-electron chi connectivity index (χ0n) is 12.5. The summed E-state index contributed by atoms with van der Waals surface area (Å²) in [6.07, 6.45) is 0. The molecule has 0 amide bonds. The van der Waals surface area contributed by atoms with Crippen LogP contribution in [0.5, 0.6) is 0 Å². The van der Waals surface area contributed by atoms with Gasteiger partial charge in [-0.15, -0.1) is 5.10 Å². The minimum atomic E-state index is -1.23. The van der Waals surface area contributed by atoms with Crippen LogP contribution < -0.4 is 0 Å². The largest absolute Gasteiger partial charge is 0.479 e. The lowest BCUT2D eigenvalue weighted by molar-refractivity contribution is -0.140. The van der Waals surface area contributed by atoms with E-state index < -0.39 is 23.4 Å². The van der Waals surface area contributed by atoms with Gasteiger partial charge in [0.05, 0.1) is 5.69 Å². The number of aromatic nitrogens is 3. The van der Waals surface area contributed by atoms with Crippen LogP contribution in [0.3, 0.4) is 0 Å². The Morgan fingerprint density at radius 1 is 1.14 bits per heavy atom. The molecule has 1 unspecified atom stereocenters. The van der Waals surface area contributed by atoms with Gasteiger partial charge in [-0.2, -0.15) is 0 Å². The van der Waals surface area contributed by atoms with Gasteiger partial charge < -0.3 is 10.2 Å². The van der Waals surface area contributed by atoms with E-state index in [0.29, 0.717) is 5.56 Å². The summed E-state index contributed by atoms with van der Waals surface area (Å²) in [4.78, 5) is 23.1. The summed E-state index contributed by atoms with van der Waals surface area (Å²) in [6, 6.07) is 7.40. The number of rotatable bonds is 4. The Morgan fingerprint density at radius 3 is 2.18 bits per heavy atom. The van der Waals surface area contributed by atoms with E-state index in [2.05, 4.69) is 10.3 Å². The maximum Gasteiger partial charge on any atom is 0.358 e. The van der Waals surface area contributed by atoms with Crippen LogP contribution in [0.15, 0.2) is 30.3 Å². The Kier molecular flexibility index (Phi) is 3.99. The van der Waals surface area contributed by atoms with Crippen molar-refractivity contribution in [1.29, 1.82) is 0 Å². The summed E-state index contributed by atoms with van der Waals surface area (Å²) in [5.41, 5.74) is -0.0760. The Labute approximate surface area is 127 Å². The van der Waals surface area contributed by atoms with E-state index in [-0.39, 0.29) is 11.4 Å². The molecule has 1 heterocycles. The number of benzene rings is 1. The molecular formula is C15H17N3O4. The van der Waals surface area contributed by atoms with Crippen LogP contribution >= 0.6 is 0 Å². The molecule has 0 saturated heterocycles. The zero-order chi connectivity index (χ0) is 16.5. The number of hydrogen-bond acceptors (Lipinski definition) is 4. The van der Waals surface area contributed by atoms with Crippen molar-refractivity contribution in [2.24, 2.45) is 0 Å². The van der Waals surface area contributed by atoms with Crippen molar-refractivity contribution >= 4 is 11.9 Å². The van der Waals surface area contributed by atoms with E-state index in [4.69, 9.17) is 0 Å². The molecule has 0 spiro atoms. The summed E-state index contributed by atoms with van der Waals surface area (Å²) in [7, 11) is 0. The number of nitrogens with zero attached hydrogens (tertiary/aromatic N) is 3. The minimum absolute atomic E-state index is 0.227. The van der Waals surface area contributed by atoms with Gasteiger partial charge in [-0.3, -0.25) is 0 Å². The summed E-state index contributed by atoms with van der Waals surface area (Å²) in [5.74, 6) is -2.35. The lowest BCUT2D eigenvalue weighted by Crippen LogP contribution is -2.29. The van der Waals surface area contributed by atoms with E-state index in [1.54, 1.807) is 51.1 Å². The third-order valence-corrected chi connectivity index (χ3v) is 3.20. The molecule has 0 saturated carbocycles. The highest BCUT2D eigenvalue weighted by molar-refractivity contribution is 5.87. The SMILES string of the molecule is CC(C)(C)c1c(C(=O)O)nnn1C(C(=O)O)c1ccccc1. The van der Waals surface area contributed by atoms with Gasteiger partial charge in [0.15, 0.2) is 11.7 Å². The molecule has 0 fully saturated rings. The molecule has 1 atom stereocenters. The Balaban J connectivity index is 2.69. The van der Waals surface area contributed by atoms with E-state index in [1.807, 2.05) is 0 Å². The van der Waals surface area contributed by atoms with E-state index in [0.717, 1.165) is 0 Å². The molecule has 116 valence electrons. The minimum Gasteiger partial charge on any atom is -0.479 e. The van der Waals surface area contributed by atoms with E-state index in [9.17, 15) is 19.8 Å². The lowest BCUT2D eigenvalue weighted by Gasteiger charge is -2.23. The molecule has 22 heavy (non-hydrogen) atoms. The van der Waals surface area contributed by atoms with Gasteiger partial charge in [0, 0.05) is 5.41 Å². The molecule has 0 aliphatic carbocycles. The molecule has 0 aliphatic rings. The molecule has 2 N–H and O–H groups in total. The first kappa shape index (κ1) is 15.7. The van der Waals surface area contributed by atoms with Crippen LogP contribution in [0, 0.1) is 0 Å².